The number of hydrogen-bond donors (Lipinski definition) is 1. The van der Waals surface area contributed by atoms with Gasteiger partial charge >= 0.3 is 26.7 Å². The summed E-state index contributed by atoms with van der Waals surface area (Å²) in [5.41, 5.74) is -1.39. The molecule has 1 aliphatic carbocycles. The molecule has 2 fully saturated rings. The van der Waals surface area contributed by atoms with Crippen molar-refractivity contribution in [2.75, 3.05) is 40.1 Å². The Balaban J connectivity index is 2.20. The molecule has 0 bridgehead atoms. The molecule has 3 rings (SSSR count). The summed E-state index contributed by atoms with van der Waals surface area (Å²) in [5.74, 6) is -1.02. The number of rotatable bonds is 26. The van der Waals surface area contributed by atoms with Crippen molar-refractivity contribution in [1.82, 2.24) is 14.2 Å². The third kappa shape index (κ3) is 19.0. The van der Waals surface area contributed by atoms with Crippen molar-refractivity contribution in [2.45, 2.75) is 175 Å². The predicted molar refractivity (Wildman–Crippen MR) is 238 cm³/mol. The van der Waals surface area contributed by atoms with E-state index in [0.717, 1.165) is 38.5 Å². The normalized spacial score (nSPS) is 21.4. The third-order valence-electron chi connectivity index (χ3n) is 9.23. The molecule has 1 aliphatic heterocycles. The Labute approximate surface area is 371 Å². The number of H-pyrrole nitrogens is 1. The third-order valence-corrected chi connectivity index (χ3v) is 19.3. The lowest BCUT2D eigenvalue weighted by atomic mass is 9.99. The molecule has 23 heteroatoms. The standard InChI is InChI=1S/C39H74N3O16PSi3/c1-28(2)42(29(3)4)59(47-7)55-35-33(27-52-62(57-60(8,9)10,58-61(11,12)13)56-32-19-17-15-14-16-18-20-32)53-37(41-22-21-34(45)40-38(41)46)36(35)54-39(50-25-23-48-30(5)43)51-26-24-49-31(6)44/h21-22,28-29,32-33,35-37,39H,14-20,23-27H2,1-13H3,(H,40,45,46)/t33-,35-,36-,37-,59?/m1/s1. The second-order valence-corrected chi connectivity index (χ2v) is 30.9. The number of hydrogen-bond acceptors (Lipinski definition) is 17. The predicted octanol–water partition coefficient (Wildman–Crippen LogP) is 5.92. The summed E-state index contributed by atoms with van der Waals surface area (Å²) in [5, 5.41) is 0. The minimum absolute atomic E-state index is 0.0236. The van der Waals surface area contributed by atoms with Gasteiger partial charge in [-0.25, -0.2) is 9.46 Å². The molecular weight excluding hydrogens is 882 g/mol. The average Bonchev–Trinajstić information content (AvgIpc) is 3.45. The van der Waals surface area contributed by atoms with Gasteiger partial charge in [-0.1, -0.05) is 32.1 Å². The van der Waals surface area contributed by atoms with Crippen molar-refractivity contribution >= 4 is 46.1 Å². The van der Waals surface area contributed by atoms with E-state index in [1.165, 1.54) is 37.1 Å². The number of carbonyl (C=O) groups excluding carboxylic acids is 2. The lowest BCUT2D eigenvalue weighted by Crippen LogP contribution is -2.61. The van der Waals surface area contributed by atoms with E-state index in [9.17, 15) is 19.2 Å². The van der Waals surface area contributed by atoms with Crippen LogP contribution >= 0.6 is 8.53 Å². The first-order valence-electron chi connectivity index (χ1n) is 21.7. The van der Waals surface area contributed by atoms with Crippen LogP contribution in [-0.2, 0) is 64.1 Å². The van der Waals surface area contributed by atoms with Crippen LogP contribution in [0, 0.1) is 0 Å². The maximum Gasteiger partial charge on any atom is 0.658 e. The molecule has 5 atom stereocenters. The van der Waals surface area contributed by atoms with Gasteiger partial charge in [-0.05, 0) is 79.8 Å². The number of nitrogens with one attached hydrogen (secondary N) is 1. The van der Waals surface area contributed by atoms with E-state index in [1.54, 1.807) is 7.11 Å². The minimum Gasteiger partial charge on any atom is -0.463 e. The van der Waals surface area contributed by atoms with Crippen LogP contribution in [0.4, 0.5) is 0 Å². The molecule has 0 amide bonds. The minimum atomic E-state index is -3.97. The maximum absolute atomic E-state index is 13.6. The zero-order valence-electron chi connectivity index (χ0n) is 39.1. The lowest BCUT2D eigenvalue weighted by molar-refractivity contribution is -0.320. The van der Waals surface area contributed by atoms with Gasteiger partial charge in [0.05, 0.1) is 25.9 Å². The Kier molecular flexibility index (Phi) is 22.7. The van der Waals surface area contributed by atoms with Crippen LogP contribution < -0.4 is 11.2 Å². The number of aromatic amines is 1. The first-order valence-corrected chi connectivity index (χ1v) is 31.2. The van der Waals surface area contributed by atoms with E-state index in [2.05, 4.69) is 48.9 Å². The van der Waals surface area contributed by atoms with Crippen LogP contribution in [0.5, 0.6) is 0 Å². The molecule has 1 N–H and O–H groups in total. The summed E-state index contributed by atoms with van der Waals surface area (Å²) >= 11 is 0. The van der Waals surface area contributed by atoms with E-state index in [0.29, 0.717) is 0 Å². The van der Waals surface area contributed by atoms with Crippen LogP contribution in [0.2, 0.25) is 39.3 Å². The molecule has 1 aromatic rings. The fourth-order valence-electron chi connectivity index (χ4n) is 6.99. The summed E-state index contributed by atoms with van der Waals surface area (Å²) in [6.45, 7) is 20.8. The molecule has 0 aromatic carbocycles. The Hall–Kier alpha value is -1.74. The quantitative estimate of drug-likeness (QED) is 0.0376. The largest absolute Gasteiger partial charge is 0.658 e. The van der Waals surface area contributed by atoms with Gasteiger partial charge in [-0.2, -0.15) is 0 Å². The van der Waals surface area contributed by atoms with E-state index >= 15 is 0 Å². The fraction of sp³-hybridized carbons (Fsp3) is 0.846. The molecular formula is C39H74N3O16PSi3. The molecule has 358 valence electrons. The van der Waals surface area contributed by atoms with Crippen LogP contribution in [-0.4, -0.2) is 135 Å². The van der Waals surface area contributed by atoms with Gasteiger partial charge in [0, 0.05) is 45.3 Å². The molecule has 0 radical (unpaired) electrons. The van der Waals surface area contributed by atoms with Crippen LogP contribution in [0.25, 0.3) is 0 Å². The smallest absolute Gasteiger partial charge is 0.463 e. The monoisotopic (exact) mass is 955 g/mol. The van der Waals surface area contributed by atoms with Gasteiger partial charge in [0.25, 0.3) is 20.6 Å². The topological polar surface area (TPSA) is 203 Å². The number of esters is 2. The molecule has 1 saturated heterocycles. The molecule has 62 heavy (non-hydrogen) atoms. The van der Waals surface area contributed by atoms with Crippen molar-refractivity contribution in [3.05, 3.63) is 33.1 Å². The van der Waals surface area contributed by atoms with Gasteiger partial charge < -0.3 is 54.6 Å². The summed E-state index contributed by atoms with van der Waals surface area (Å²) in [6, 6.07) is 1.14. The Morgan fingerprint density at radius 1 is 0.839 bits per heavy atom. The highest BCUT2D eigenvalue weighted by Crippen LogP contribution is 2.50. The highest BCUT2D eigenvalue weighted by molar-refractivity contribution is 7.44. The second kappa shape index (κ2) is 25.8. The second-order valence-electron chi connectivity index (χ2n) is 17.8. The first kappa shape index (κ1) is 54.6. The fourth-order valence-corrected chi connectivity index (χ4v) is 17.1. The molecule has 0 spiro atoms. The van der Waals surface area contributed by atoms with Crippen molar-refractivity contribution in [3.8, 4) is 0 Å². The van der Waals surface area contributed by atoms with E-state index in [1.807, 2.05) is 27.7 Å². The lowest BCUT2D eigenvalue weighted by Gasteiger charge is -2.41. The summed E-state index contributed by atoms with van der Waals surface area (Å²) in [7, 11) is -9.07. The van der Waals surface area contributed by atoms with Gasteiger partial charge in [0.1, 0.15) is 31.5 Å². The van der Waals surface area contributed by atoms with Crippen molar-refractivity contribution in [2.24, 2.45) is 0 Å². The highest BCUT2D eigenvalue weighted by Gasteiger charge is 2.57. The molecule has 1 aromatic heterocycles. The van der Waals surface area contributed by atoms with Crippen LogP contribution in [0.1, 0.15) is 92.7 Å². The first-order chi connectivity index (χ1) is 29.0. The Bertz CT molecular complexity index is 1570. The number of carbonyl (C=O) groups is 2. The van der Waals surface area contributed by atoms with Crippen LogP contribution in [0.15, 0.2) is 21.9 Å². The Morgan fingerprint density at radius 2 is 1.37 bits per heavy atom. The van der Waals surface area contributed by atoms with Gasteiger partial charge in [-0.3, -0.25) is 23.9 Å². The average molecular weight is 956 g/mol. The highest BCUT2D eigenvalue weighted by atomic mass is 31.2. The Morgan fingerprint density at radius 3 is 1.84 bits per heavy atom. The van der Waals surface area contributed by atoms with Crippen molar-refractivity contribution in [1.29, 1.82) is 0 Å². The zero-order chi connectivity index (χ0) is 46.3. The van der Waals surface area contributed by atoms with E-state index < -0.39 is 88.4 Å². The molecule has 1 unspecified atom stereocenters. The van der Waals surface area contributed by atoms with E-state index in [4.69, 9.17) is 54.6 Å². The van der Waals surface area contributed by atoms with Gasteiger partial charge in [0.15, 0.2) is 22.9 Å². The molecule has 2 heterocycles. The SMILES string of the molecule is COP(O[C@H]1[C@@H](OC(OCCOC(C)=O)OCCOC(C)=O)[C@H](n2ccc(=O)[nH]c2=O)O[C@@H]1CO[Si](OC1CCCCCCC1)(O[Si](C)(C)C)O[Si](C)(C)C)N(C(C)C)C(C)C. The van der Waals surface area contributed by atoms with Crippen LogP contribution in [0.3, 0.4) is 0 Å². The summed E-state index contributed by atoms with van der Waals surface area (Å²) in [6.07, 6.45) is 3.73. The molecule has 19 nitrogen and oxygen atoms in total. The van der Waals surface area contributed by atoms with Gasteiger partial charge in [-0.15, -0.1) is 0 Å². The zero-order valence-corrected chi connectivity index (χ0v) is 43.0. The van der Waals surface area contributed by atoms with Gasteiger partial charge in [0.2, 0.25) is 0 Å². The van der Waals surface area contributed by atoms with E-state index in [-0.39, 0.29) is 51.2 Å². The van der Waals surface area contributed by atoms with Crippen molar-refractivity contribution < 1.29 is 64.1 Å². The number of nitrogens with zero attached hydrogens (tertiary/aromatic N) is 2. The number of aromatic nitrogens is 2. The summed E-state index contributed by atoms with van der Waals surface area (Å²) < 4.78 is 79.5. The number of ether oxygens (including phenoxy) is 6. The maximum atomic E-state index is 13.6. The molecule has 1 saturated carbocycles. The summed E-state index contributed by atoms with van der Waals surface area (Å²) in [4.78, 5) is 51.3. The van der Waals surface area contributed by atoms with Crippen molar-refractivity contribution in [3.63, 3.8) is 0 Å². The molecule has 2 aliphatic rings.